The zero-order valence-corrected chi connectivity index (χ0v) is 11.0. The number of nitrogens with zero attached hydrogens (tertiary/aromatic N) is 1. The smallest absolute Gasteiger partial charge is 0.164 e. The molecule has 0 aromatic heterocycles. The van der Waals surface area contributed by atoms with Crippen LogP contribution in [0.25, 0.3) is 0 Å². The second-order valence-electron chi connectivity index (χ2n) is 4.46. The summed E-state index contributed by atoms with van der Waals surface area (Å²) in [4.78, 5) is 1.51. The zero-order chi connectivity index (χ0) is 14.7. The number of benzene rings is 2. The fourth-order valence-electron chi connectivity index (χ4n) is 2.18. The molecule has 2 rings (SSSR count). The second kappa shape index (κ2) is 5.96. The standard InChI is InChI=1S/C15H15F3N2/c1-20(13-8-3-2-6-11(13)16)14(9-19)10-5-4-7-12(17)15(10)18/h2-8,14H,9,19H2,1H3. The monoisotopic (exact) mass is 280 g/mol. The molecule has 106 valence electrons. The third kappa shape index (κ3) is 2.63. The van der Waals surface area contributed by atoms with Gasteiger partial charge in [-0.25, -0.2) is 13.2 Å². The van der Waals surface area contributed by atoms with Crippen molar-refractivity contribution in [2.75, 3.05) is 18.5 Å². The zero-order valence-electron chi connectivity index (χ0n) is 11.0. The van der Waals surface area contributed by atoms with Crippen LogP contribution in [0.4, 0.5) is 18.9 Å². The molecule has 1 atom stereocenters. The summed E-state index contributed by atoms with van der Waals surface area (Å²) in [7, 11) is 1.60. The van der Waals surface area contributed by atoms with Crippen molar-refractivity contribution in [2.45, 2.75) is 6.04 Å². The van der Waals surface area contributed by atoms with Gasteiger partial charge in [0.25, 0.3) is 0 Å². The summed E-state index contributed by atoms with van der Waals surface area (Å²) >= 11 is 0. The van der Waals surface area contributed by atoms with Crippen molar-refractivity contribution in [1.82, 2.24) is 0 Å². The first kappa shape index (κ1) is 14.4. The fourth-order valence-corrected chi connectivity index (χ4v) is 2.18. The van der Waals surface area contributed by atoms with E-state index in [-0.39, 0.29) is 17.8 Å². The van der Waals surface area contributed by atoms with Gasteiger partial charge < -0.3 is 10.6 Å². The van der Waals surface area contributed by atoms with Crippen LogP contribution in [0.5, 0.6) is 0 Å². The third-order valence-electron chi connectivity index (χ3n) is 3.26. The maximum Gasteiger partial charge on any atom is 0.164 e. The number of nitrogens with two attached hydrogens (primary N) is 1. The Hall–Kier alpha value is -2.01. The molecule has 0 aliphatic heterocycles. The van der Waals surface area contributed by atoms with Gasteiger partial charge in [-0.15, -0.1) is 0 Å². The first-order valence-electron chi connectivity index (χ1n) is 6.17. The highest BCUT2D eigenvalue weighted by molar-refractivity contribution is 5.49. The molecule has 1 unspecified atom stereocenters. The van der Waals surface area contributed by atoms with Gasteiger partial charge in [0.15, 0.2) is 11.6 Å². The lowest BCUT2D eigenvalue weighted by Crippen LogP contribution is -2.31. The number of para-hydroxylation sites is 1. The number of halogens is 3. The molecular weight excluding hydrogens is 265 g/mol. The molecule has 2 nitrogen and oxygen atoms in total. The Balaban J connectivity index is 2.42. The molecule has 2 N–H and O–H groups in total. The van der Waals surface area contributed by atoms with Gasteiger partial charge in [-0.1, -0.05) is 24.3 Å². The summed E-state index contributed by atoms with van der Waals surface area (Å²) in [5, 5.41) is 0. The maximum atomic E-state index is 13.9. The number of likely N-dealkylation sites (N-methyl/N-ethyl adjacent to an activating group) is 1. The summed E-state index contributed by atoms with van der Waals surface area (Å²) in [6.07, 6.45) is 0. The van der Waals surface area contributed by atoms with Gasteiger partial charge in [0.2, 0.25) is 0 Å². The van der Waals surface area contributed by atoms with Crippen molar-refractivity contribution in [1.29, 1.82) is 0 Å². The van der Waals surface area contributed by atoms with Crippen molar-refractivity contribution in [3.8, 4) is 0 Å². The molecule has 0 bridgehead atoms. The van der Waals surface area contributed by atoms with Crippen LogP contribution >= 0.6 is 0 Å². The van der Waals surface area contributed by atoms with E-state index in [0.29, 0.717) is 0 Å². The number of anilines is 1. The van der Waals surface area contributed by atoms with E-state index in [1.165, 1.54) is 23.1 Å². The van der Waals surface area contributed by atoms with Crippen molar-refractivity contribution < 1.29 is 13.2 Å². The average Bonchev–Trinajstić information content (AvgIpc) is 2.44. The normalized spacial score (nSPS) is 12.2. The molecule has 0 radical (unpaired) electrons. The minimum atomic E-state index is -0.953. The highest BCUT2D eigenvalue weighted by Gasteiger charge is 2.22. The van der Waals surface area contributed by atoms with Gasteiger partial charge in [0, 0.05) is 19.2 Å². The topological polar surface area (TPSA) is 29.3 Å². The minimum absolute atomic E-state index is 0.0329. The lowest BCUT2D eigenvalue weighted by atomic mass is 10.0. The first-order valence-corrected chi connectivity index (χ1v) is 6.17. The Morgan fingerprint density at radius 3 is 2.30 bits per heavy atom. The largest absolute Gasteiger partial charge is 0.364 e. The van der Waals surface area contributed by atoms with Gasteiger partial charge >= 0.3 is 0 Å². The molecule has 2 aromatic rings. The van der Waals surface area contributed by atoms with Crippen molar-refractivity contribution in [3.05, 3.63) is 65.5 Å². The predicted octanol–water partition coefficient (Wildman–Crippen LogP) is 3.24. The molecular formula is C15H15F3N2. The molecule has 2 aromatic carbocycles. The van der Waals surface area contributed by atoms with Crippen LogP contribution in [-0.2, 0) is 0 Å². The lowest BCUT2D eigenvalue weighted by molar-refractivity contribution is 0.485. The van der Waals surface area contributed by atoms with Gasteiger partial charge in [0.05, 0.1) is 11.7 Å². The molecule has 0 heterocycles. The summed E-state index contributed by atoms with van der Waals surface area (Å²) in [5.41, 5.74) is 6.05. The molecule has 20 heavy (non-hydrogen) atoms. The summed E-state index contributed by atoms with van der Waals surface area (Å²) in [6.45, 7) is 0.0329. The van der Waals surface area contributed by atoms with Crippen LogP contribution in [0, 0.1) is 17.5 Å². The van der Waals surface area contributed by atoms with Crippen LogP contribution in [0.3, 0.4) is 0 Å². The number of rotatable bonds is 4. The van der Waals surface area contributed by atoms with E-state index in [2.05, 4.69) is 0 Å². The Morgan fingerprint density at radius 2 is 1.65 bits per heavy atom. The van der Waals surface area contributed by atoms with E-state index in [0.717, 1.165) is 6.07 Å². The fraction of sp³-hybridized carbons (Fsp3) is 0.200. The van der Waals surface area contributed by atoms with Crippen LogP contribution in [0.15, 0.2) is 42.5 Å². The summed E-state index contributed by atoms with van der Waals surface area (Å²) < 4.78 is 41.0. The Morgan fingerprint density at radius 1 is 1.00 bits per heavy atom. The van der Waals surface area contributed by atoms with E-state index in [4.69, 9.17) is 5.73 Å². The van der Waals surface area contributed by atoms with E-state index < -0.39 is 23.5 Å². The minimum Gasteiger partial charge on any atom is -0.364 e. The molecule has 5 heteroatoms. The summed E-state index contributed by atoms with van der Waals surface area (Å²) in [6, 6.07) is 9.35. The van der Waals surface area contributed by atoms with Crippen molar-refractivity contribution >= 4 is 5.69 Å². The molecule has 0 spiro atoms. The Labute approximate surface area is 115 Å². The average molecular weight is 280 g/mol. The van der Waals surface area contributed by atoms with Crippen molar-refractivity contribution in [3.63, 3.8) is 0 Å². The van der Waals surface area contributed by atoms with Gasteiger partial charge in [-0.2, -0.15) is 0 Å². The van der Waals surface area contributed by atoms with Gasteiger partial charge in [-0.3, -0.25) is 0 Å². The third-order valence-corrected chi connectivity index (χ3v) is 3.26. The molecule has 0 saturated carbocycles. The van der Waals surface area contributed by atoms with Crippen LogP contribution in [0.2, 0.25) is 0 Å². The van der Waals surface area contributed by atoms with Crippen molar-refractivity contribution in [2.24, 2.45) is 5.73 Å². The summed E-state index contributed by atoms with van der Waals surface area (Å²) in [5.74, 6) is -2.33. The second-order valence-corrected chi connectivity index (χ2v) is 4.46. The van der Waals surface area contributed by atoms with E-state index in [1.54, 1.807) is 25.2 Å². The molecule has 0 fully saturated rings. The van der Waals surface area contributed by atoms with E-state index in [9.17, 15) is 13.2 Å². The van der Waals surface area contributed by atoms with Gasteiger partial charge in [0.1, 0.15) is 5.82 Å². The van der Waals surface area contributed by atoms with Gasteiger partial charge in [-0.05, 0) is 18.2 Å². The number of hydrogen-bond acceptors (Lipinski definition) is 2. The predicted molar refractivity (Wildman–Crippen MR) is 73.0 cm³/mol. The van der Waals surface area contributed by atoms with E-state index in [1.807, 2.05) is 0 Å². The first-order chi connectivity index (χ1) is 9.56. The molecule has 0 amide bonds. The van der Waals surface area contributed by atoms with Crippen LogP contribution < -0.4 is 10.6 Å². The van der Waals surface area contributed by atoms with Crippen LogP contribution in [-0.4, -0.2) is 13.6 Å². The quantitative estimate of drug-likeness (QED) is 0.931. The highest BCUT2D eigenvalue weighted by Crippen LogP contribution is 2.29. The Bertz CT molecular complexity index is 601. The highest BCUT2D eigenvalue weighted by atomic mass is 19.2. The SMILES string of the molecule is CN(c1ccccc1F)C(CN)c1cccc(F)c1F. The number of hydrogen-bond donors (Lipinski definition) is 1. The lowest BCUT2D eigenvalue weighted by Gasteiger charge is -2.30. The molecule has 0 aliphatic carbocycles. The van der Waals surface area contributed by atoms with Crippen LogP contribution in [0.1, 0.15) is 11.6 Å². The Kier molecular flexibility index (Phi) is 4.29. The molecule has 0 saturated heterocycles. The molecule has 0 aliphatic rings. The van der Waals surface area contributed by atoms with E-state index >= 15 is 0 Å². The maximum absolute atomic E-state index is 13.9.